The maximum Gasteiger partial charge on any atom is 0.352 e. The monoisotopic (exact) mass is 278 g/mol. The standard InChI is InChI=1S/C14H18N2O4/c1-6-11(7(2)15-12(6)14(18)19)13(17)16-9-5-8-3-4-10(9)20-8/h8-10,15H,3-5H2,1-2H3,(H,16,17)(H,18,19). The predicted molar refractivity (Wildman–Crippen MR) is 71.0 cm³/mol. The van der Waals surface area contributed by atoms with Crippen molar-refractivity contribution in [1.82, 2.24) is 10.3 Å². The van der Waals surface area contributed by atoms with Gasteiger partial charge in [0.2, 0.25) is 0 Å². The molecule has 3 heterocycles. The first kappa shape index (κ1) is 13.2. The molecule has 3 N–H and O–H groups in total. The van der Waals surface area contributed by atoms with Crippen LogP contribution >= 0.6 is 0 Å². The maximum absolute atomic E-state index is 12.4. The number of aromatic carboxylic acids is 1. The number of hydrogen-bond donors (Lipinski definition) is 3. The second-order valence-electron chi connectivity index (χ2n) is 5.62. The van der Waals surface area contributed by atoms with Crippen molar-refractivity contribution in [2.45, 2.75) is 51.4 Å². The Hall–Kier alpha value is -1.82. The van der Waals surface area contributed by atoms with E-state index in [9.17, 15) is 9.59 Å². The van der Waals surface area contributed by atoms with Crippen LogP contribution in [0, 0.1) is 13.8 Å². The van der Waals surface area contributed by atoms with Gasteiger partial charge in [-0.1, -0.05) is 0 Å². The minimum absolute atomic E-state index is 0.0447. The van der Waals surface area contributed by atoms with Crippen LogP contribution in [0.4, 0.5) is 0 Å². The molecular weight excluding hydrogens is 260 g/mol. The predicted octanol–water partition coefficient (Wildman–Crippen LogP) is 1.38. The van der Waals surface area contributed by atoms with Gasteiger partial charge in [0.25, 0.3) is 5.91 Å². The molecule has 0 radical (unpaired) electrons. The number of fused-ring (bicyclic) bond motifs is 2. The van der Waals surface area contributed by atoms with Crippen LogP contribution < -0.4 is 5.32 Å². The summed E-state index contributed by atoms with van der Waals surface area (Å²) >= 11 is 0. The molecule has 0 aromatic carbocycles. The van der Waals surface area contributed by atoms with Crippen LogP contribution in [-0.2, 0) is 4.74 Å². The molecule has 3 rings (SSSR count). The summed E-state index contributed by atoms with van der Waals surface area (Å²) in [4.78, 5) is 26.2. The summed E-state index contributed by atoms with van der Waals surface area (Å²) in [5.41, 5.74) is 1.58. The van der Waals surface area contributed by atoms with Crippen LogP contribution in [0.15, 0.2) is 0 Å². The van der Waals surface area contributed by atoms with E-state index in [0.717, 1.165) is 19.3 Å². The Morgan fingerprint density at radius 1 is 1.35 bits per heavy atom. The summed E-state index contributed by atoms with van der Waals surface area (Å²) < 4.78 is 5.71. The van der Waals surface area contributed by atoms with E-state index in [0.29, 0.717) is 16.8 Å². The first-order chi connectivity index (χ1) is 9.47. The molecule has 2 fully saturated rings. The Kier molecular flexibility index (Phi) is 3.05. The fraction of sp³-hybridized carbons (Fsp3) is 0.571. The van der Waals surface area contributed by atoms with Crippen LogP contribution in [-0.4, -0.2) is 40.2 Å². The third kappa shape index (κ3) is 2.00. The third-order valence-electron chi connectivity index (χ3n) is 4.30. The molecule has 1 aromatic rings. The Bertz CT molecular complexity index is 578. The van der Waals surface area contributed by atoms with E-state index in [1.54, 1.807) is 13.8 Å². The number of aromatic amines is 1. The molecule has 6 nitrogen and oxygen atoms in total. The molecule has 3 unspecified atom stereocenters. The number of carbonyl (C=O) groups is 2. The summed E-state index contributed by atoms with van der Waals surface area (Å²) in [5.74, 6) is -1.27. The Labute approximate surface area is 116 Å². The number of ether oxygens (including phenoxy) is 1. The Morgan fingerprint density at radius 2 is 2.10 bits per heavy atom. The summed E-state index contributed by atoms with van der Waals surface area (Å²) in [7, 11) is 0. The van der Waals surface area contributed by atoms with Gasteiger partial charge in [0.05, 0.1) is 23.8 Å². The van der Waals surface area contributed by atoms with Gasteiger partial charge >= 0.3 is 5.97 Å². The van der Waals surface area contributed by atoms with Crippen molar-refractivity contribution in [3.8, 4) is 0 Å². The highest BCUT2D eigenvalue weighted by molar-refractivity contribution is 6.01. The van der Waals surface area contributed by atoms with Crippen molar-refractivity contribution >= 4 is 11.9 Å². The molecule has 0 aliphatic carbocycles. The number of hydrogen-bond acceptors (Lipinski definition) is 3. The summed E-state index contributed by atoms with van der Waals surface area (Å²) in [6, 6.07) is 0.0447. The zero-order valence-electron chi connectivity index (χ0n) is 11.5. The van der Waals surface area contributed by atoms with Crippen LogP contribution in [0.5, 0.6) is 0 Å². The molecule has 2 aliphatic heterocycles. The fourth-order valence-electron chi connectivity index (χ4n) is 3.33. The first-order valence-corrected chi connectivity index (χ1v) is 6.86. The van der Waals surface area contributed by atoms with Gasteiger partial charge in [-0.05, 0) is 38.7 Å². The van der Waals surface area contributed by atoms with E-state index in [2.05, 4.69) is 10.3 Å². The lowest BCUT2D eigenvalue weighted by molar-refractivity contribution is 0.0690. The van der Waals surface area contributed by atoms with Crippen LogP contribution in [0.2, 0.25) is 0 Å². The number of aromatic nitrogens is 1. The van der Waals surface area contributed by atoms with Crippen molar-refractivity contribution in [3.05, 3.63) is 22.5 Å². The highest BCUT2D eigenvalue weighted by Crippen LogP contribution is 2.34. The van der Waals surface area contributed by atoms with Gasteiger partial charge < -0.3 is 20.1 Å². The topological polar surface area (TPSA) is 91.4 Å². The number of rotatable bonds is 3. The number of H-pyrrole nitrogens is 1. The highest BCUT2D eigenvalue weighted by atomic mass is 16.5. The average Bonchev–Trinajstić information content (AvgIpc) is 3.03. The van der Waals surface area contributed by atoms with Crippen LogP contribution in [0.1, 0.15) is 51.4 Å². The molecule has 6 heteroatoms. The molecule has 20 heavy (non-hydrogen) atoms. The second kappa shape index (κ2) is 4.63. The Balaban J connectivity index is 1.79. The number of amides is 1. The number of carboxylic acids is 1. The SMILES string of the molecule is Cc1[nH]c(C(=O)O)c(C)c1C(=O)NC1CC2CCC1O2. The fourth-order valence-corrected chi connectivity index (χ4v) is 3.33. The van der Waals surface area contributed by atoms with Gasteiger partial charge in [0.1, 0.15) is 5.69 Å². The van der Waals surface area contributed by atoms with E-state index >= 15 is 0 Å². The van der Waals surface area contributed by atoms with E-state index < -0.39 is 5.97 Å². The zero-order chi connectivity index (χ0) is 14.4. The van der Waals surface area contributed by atoms with Crippen molar-refractivity contribution < 1.29 is 19.4 Å². The van der Waals surface area contributed by atoms with Gasteiger partial charge in [0, 0.05) is 5.69 Å². The largest absolute Gasteiger partial charge is 0.477 e. The van der Waals surface area contributed by atoms with Crippen molar-refractivity contribution in [1.29, 1.82) is 0 Å². The van der Waals surface area contributed by atoms with Crippen molar-refractivity contribution in [2.75, 3.05) is 0 Å². The van der Waals surface area contributed by atoms with Crippen LogP contribution in [0.3, 0.4) is 0 Å². The van der Waals surface area contributed by atoms with Gasteiger partial charge in [0.15, 0.2) is 0 Å². The Morgan fingerprint density at radius 3 is 2.60 bits per heavy atom. The number of nitrogens with one attached hydrogen (secondary N) is 2. The van der Waals surface area contributed by atoms with E-state index in [-0.39, 0.29) is 29.9 Å². The maximum atomic E-state index is 12.4. The van der Waals surface area contributed by atoms with Gasteiger partial charge in [-0.2, -0.15) is 0 Å². The number of aryl methyl sites for hydroxylation is 1. The minimum Gasteiger partial charge on any atom is -0.477 e. The molecule has 0 saturated carbocycles. The summed E-state index contributed by atoms with van der Waals surface area (Å²) in [5, 5.41) is 12.1. The lowest BCUT2D eigenvalue weighted by atomic mass is 9.95. The van der Waals surface area contributed by atoms with Gasteiger partial charge in [-0.25, -0.2) is 4.79 Å². The molecule has 1 amide bonds. The molecule has 2 aliphatic rings. The molecule has 2 saturated heterocycles. The van der Waals surface area contributed by atoms with E-state index in [1.807, 2.05) is 0 Å². The third-order valence-corrected chi connectivity index (χ3v) is 4.30. The number of carbonyl (C=O) groups excluding carboxylic acids is 1. The number of carboxylic acid groups (broad SMARTS) is 1. The molecule has 0 spiro atoms. The molecular formula is C14H18N2O4. The van der Waals surface area contributed by atoms with Crippen LogP contribution in [0.25, 0.3) is 0 Å². The second-order valence-corrected chi connectivity index (χ2v) is 5.62. The van der Waals surface area contributed by atoms with Crippen molar-refractivity contribution in [2.24, 2.45) is 0 Å². The molecule has 3 atom stereocenters. The lowest BCUT2D eigenvalue weighted by Crippen LogP contribution is -2.41. The summed E-state index contributed by atoms with van der Waals surface area (Å²) in [6.07, 6.45) is 3.30. The van der Waals surface area contributed by atoms with Crippen molar-refractivity contribution in [3.63, 3.8) is 0 Å². The summed E-state index contributed by atoms with van der Waals surface area (Å²) in [6.45, 7) is 3.37. The molecule has 2 bridgehead atoms. The smallest absolute Gasteiger partial charge is 0.352 e. The van der Waals surface area contributed by atoms with E-state index in [1.165, 1.54) is 0 Å². The zero-order valence-corrected chi connectivity index (χ0v) is 11.5. The minimum atomic E-state index is -1.05. The molecule has 108 valence electrons. The van der Waals surface area contributed by atoms with Gasteiger partial charge in [-0.3, -0.25) is 4.79 Å². The highest BCUT2D eigenvalue weighted by Gasteiger charge is 2.41. The lowest BCUT2D eigenvalue weighted by Gasteiger charge is -2.20. The normalized spacial score (nSPS) is 27.8. The average molecular weight is 278 g/mol. The molecule has 1 aromatic heterocycles. The van der Waals surface area contributed by atoms with E-state index in [4.69, 9.17) is 9.84 Å². The first-order valence-electron chi connectivity index (χ1n) is 6.86. The van der Waals surface area contributed by atoms with Gasteiger partial charge in [-0.15, -0.1) is 0 Å². The quantitative estimate of drug-likeness (QED) is 0.779.